The lowest BCUT2D eigenvalue weighted by atomic mass is 9.91. The summed E-state index contributed by atoms with van der Waals surface area (Å²) < 4.78 is 49.2. The van der Waals surface area contributed by atoms with E-state index in [0.717, 1.165) is 51.4 Å². The maximum Gasteiger partial charge on any atom is 0.387 e. The molecule has 3 saturated carbocycles. The number of nitrogens with two attached hydrogens (primary N) is 1. The van der Waals surface area contributed by atoms with Gasteiger partial charge >= 0.3 is 12.6 Å². The molecular formula is C36H39Cl2F2N3O6. The Hall–Kier alpha value is -3.67. The van der Waals surface area contributed by atoms with E-state index in [9.17, 15) is 18.4 Å². The van der Waals surface area contributed by atoms with E-state index in [-0.39, 0.29) is 57.3 Å². The highest BCUT2D eigenvalue weighted by Crippen LogP contribution is 2.38. The van der Waals surface area contributed by atoms with Crippen LogP contribution in [0.4, 0.5) is 8.78 Å². The van der Waals surface area contributed by atoms with Crippen molar-refractivity contribution in [3.8, 4) is 17.2 Å². The Morgan fingerprint density at radius 3 is 2.14 bits per heavy atom. The Labute approximate surface area is 293 Å². The molecule has 49 heavy (non-hydrogen) atoms. The lowest BCUT2D eigenvalue weighted by Gasteiger charge is -2.27. The Bertz CT molecular complexity index is 1630. The monoisotopic (exact) mass is 717 g/mol. The van der Waals surface area contributed by atoms with Crippen molar-refractivity contribution in [2.75, 3.05) is 13.2 Å². The maximum absolute atomic E-state index is 13.8. The molecule has 13 heteroatoms. The Morgan fingerprint density at radius 2 is 1.51 bits per heavy atom. The third-order valence-corrected chi connectivity index (χ3v) is 9.71. The Kier molecular flexibility index (Phi) is 11.4. The van der Waals surface area contributed by atoms with Crippen LogP contribution >= 0.6 is 23.2 Å². The standard InChI is InChI=1S/C36H39Cl2F2N3O6/c37-28-16-42-17-29(38)27(28)15-31(22-6-12-30(49-36(39)40)33(13-22)47-19-21-3-4-21)48-35(45)23-5-11-26(32(14-23)46-18-20-1-2-20)34(44)43-25-9-7-24(41)8-10-25/h5-6,11-14,16-17,20-21,24-25,31,36H,1-4,7-10,15,18-19,41H2,(H,43,44)/t24-,25+,31-/m0/s1. The van der Waals surface area contributed by atoms with Gasteiger partial charge in [-0.3, -0.25) is 9.78 Å². The molecule has 262 valence electrons. The van der Waals surface area contributed by atoms with Gasteiger partial charge in [0.25, 0.3) is 5.91 Å². The first-order valence-corrected chi connectivity index (χ1v) is 17.4. The highest BCUT2D eigenvalue weighted by Gasteiger charge is 2.29. The number of pyridine rings is 1. The smallest absolute Gasteiger partial charge is 0.387 e. The van der Waals surface area contributed by atoms with Gasteiger partial charge in [0.05, 0.1) is 34.4 Å². The topological polar surface area (TPSA) is 122 Å². The second-order valence-corrected chi connectivity index (χ2v) is 13.9. The van der Waals surface area contributed by atoms with Gasteiger partial charge < -0.3 is 30.0 Å². The van der Waals surface area contributed by atoms with Gasteiger partial charge in [-0.25, -0.2) is 4.79 Å². The molecule has 6 rings (SSSR count). The summed E-state index contributed by atoms with van der Waals surface area (Å²) in [6, 6.07) is 9.17. The summed E-state index contributed by atoms with van der Waals surface area (Å²) >= 11 is 12.9. The largest absolute Gasteiger partial charge is 0.492 e. The van der Waals surface area contributed by atoms with Crippen molar-refractivity contribution in [2.45, 2.75) is 82.6 Å². The zero-order valence-electron chi connectivity index (χ0n) is 26.8. The number of alkyl halides is 2. The SMILES string of the molecule is N[C@H]1CC[C@@H](NC(=O)c2ccc(C(=O)O[C@@H](Cc3c(Cl)cncc3Cl)c3ccc(OC(F)F)c(OCC4CC4)c3)cc2OCC2CC2)CC1. The highest BCUT2D eigenvalue weighted by molar-refractivity contribution is 6.35. The minimum Gasteiger partial charge on any atom is -0.492 e. The quantitative estimate of drug-likeness (QED) is 0.153. The first-order valence-electron chi connectivity index (χ1n) is 16.7. The number of aromatic nitrogens is 1. The molecule has 3 aromatic rings. The maximum atomic E-state index is 13.8. The summed E-state index contributed by atoms with van der Waals surface area (Å²) in [6.07, 6.45) is 9.27. The van der Waals surface area contributed by atoms with Gasteiger partial charge in [-0.05, 0) is 105 Å². The van der Waals surface area contributed by atoms with Gasteiger partial charge in [0.15, 0.2) is 11.5 Å². The molecule has 0 saturated heterocycles. The minimum absolute atomic E-state index is 0.0106. The molecule has 1 heterocycles. The third-order valence-electron chi connectivity index (χ3n) is 9.06. The number of rotatable bonds is 15. The molecule has 0 aliphatic heterocycles. The Balaban J connectivity index is 1.27. The van der Waals surface area contributed by atoms with Gasteiger partial charge in [-0.15, -0.1) is 0 Å². The average Bonchev–Trinajstić information content (AvgIpc) is 4.01. The number of amides is 1. The van der Waals surface area contributed by atoms with Crippen molar-refractivity contribution in [1.82, 2.24) is 10.3 Å². The lowest BCUT2D eigenvalue weighted by Crippen LogP contribution is -2.40. The molecule has 1 atom stereocenters. The first kappa shape index (κ1) is 35.2. The van der Waals surface area contributed by atoms with E-state index in [0.29, 0.717) is 41.7 Å². The number of halogens is 4. The number of carbonyl (C=O) groups is 2. The second-order valence-electron chi connectivity index (χ2n) is 13.1. The van der Waals surface area contributed by atoms with Crippen LogP contribution in [0.3, 0.4) is 0 Å². The van der Waals surface area contributed by atoms with E-state index in [1.165, 1.54) is 42.7 Å². The summed E-state index contributed by atoms with van der Waals surface area (Å²) in [5.74, 6) is 0.00964. The fourth-order valence-corrected chi connectivity index (χ4v) is 6.26. The second kappa shape index (κ2) is 15.9. The number of ether oxygens (including phenoxy) is 4. The molecule has 3 fully saturated rings. The van der Waals surface area contributed by atoms with Crippen molar-refractivity contribution in [3.05, 3.63) is 81.1 Å². The summed E-state index contributed by atoms with van der Waals surface area (Å²) in [7, 11) is 0. The predicted octanol–water partition coefficient (Wildman–Crippen LogP) is 7.71. The van der Waals surface area contributed by atoms with E-state index < -0.39 is 18.7 Å². The molecule has 0 spiro atoms. The summed E-state index contributed by atoms with van der Waals surface area (Å²) in [4.78, 5) is 31.2. The van der Waals surface area contributed by atoms with Crippen LogP contribution in [0.1, 0.15) is 89.3 Å². The van der Waals surface area contributed by atoms with Crippen molar-refractivity contribution in [2.24, 2.45) is 17.6 Å². The minimum atomic E-state index is -3.06. The number of nitrogens with zero attached hydrogens (tertiary/aromatic N) is 1. The molecule has 3 aliphatic rings. The van der Waals surface area contributed by atoms with Gasteiger partial charge in [-0.2, -0.15) is 8.78 Å². The van der Waals surface area contributed by atoms with Crippen LogP contribution in [0.15, 0.2) is 48.8 Å². The van der Waals surface area contributed by atoms with E-state index >= 15 is 0 Å². The van der Waals surface area contributed by atoms with Crippen molar-refractivity contribution in [3.63, 3.8) is 0 Å². The van der Waals surface area contributed by atoms with Gasteiger partial charge in [0.1, 0.15) is 11.9 Å². The Morgan fingerprint density at radius 1 is 0.857 bits per heavy atom. The van der Waals surface area contributed by atoms with Crippen molar-refractivity contribution < 1.29 is 37.3 Å². The van der Waals surface area contributed by atoms with Crippen molar-refractivity contribution >= 4 is 35.1 Å². The van der Waals surface area contributed by atoms with Gasteiger partial charge in [-0.1, -0.05) is 29.3 Å². The molecule has 3 aliphatic carbocycles. The number of esters is 1. The third kappa shape index (κ3) is 9.73. The van der Waals surface area contributed by atoms with Crippen LogP contribution in [0.25, 0.3) is 0 Å². The average molecular weight is 719 g/mol. The van der Waals surface area contributed by atoms with Crippen LogP contribution in [0.5, 0.6) is 17.2 Å². The van der Waals surface area contributed by atoms with Crippen molar-refractivity contribution in [1.29, 1.82) is 0 Å². The van der Waals surface area contributed by atoms with E-state index in [2.05, 4.69) is 10.3 Å². The predicted molar refractivity (Wildman–Crippen MR) is 180 cm³/mol. The fourth-order valence-electron chi connectivity index (χ4n) is 5.74. The number of hydrogen-bond donors (Lipinski definition) is 2. The molecule has 1 aromatic heterocycles. The number of nitrogens with one attached hydrogen (secondary N) is 1. The normalized spacial score (nSPS) is 19.6. The van der Waals surface area contributed by atoms with E-state index in [1.807, 2.05) is 0 Å². The van der Waals surface area contributed by atoms with Gasteiger partial charge in [0, 0.05) is 30.9 Å². The van der Waals surface area contributed by atoms with Crippen LogP contribution in [-0.2, 0) is 11.2 Å². The zero-order chi connectivity index (χ0) is 34.5. The van der Waals surface area contributed by atoms with Gasteiger partial charge in [0.2, 0.25) is 0 Å². The van der Waals surface area contributed by atoms with Crippen LogP contribution < -0.4 is 25.3 Å². The zero-order valence-corrected chi connectivity index (χ0v) is 28.4. The molecular weight excluding hydrogens is 679 g/mol. The molecule has 2 aromatic carbocycles. The molecule has 9 nitrogen and oxygen atoms in total. The summed E-state index contributed by atoms with van der Waals surface area (Å²) in [5, 5.41) is 3.62. The number of carbonyl (C=O) groups excluding carboxylic acids is 2. The molecule has 0 unspecified atom stereocenters. The van der Waals surface area contributed by atoms with Crippen LogP contribution in [0, 0.1) is 11.8 Å². The lowest BCUT2D eigenvalue weighted by molar-refractivity contribution is -0.0515. The molecule has 1 amide bonds. The fraction of sp³-hybridized carbons (Fsp3) is 0.472. The molecule has 0 radical (unpaired) electrons. The molecule has 0 bridgehead atoms. The number of hydrogen-bond acceptors (Lipinski definition) is 8. The summed E-state index contributed by atoms with van der Waals surface area (Å²) in [6.45, 7) is -2.29. The van der Waals surface area contributed by atoms with Crippen LogP contribution in [0.2, 0.25) is 10.0 Å². The summed E-state index contributed by atoms with van der Waals surface area (Å²) in [5.41, 5.74) is 7.44. The molecule has 3 N–H and O–H groups in total. The first-order chi connectivity index (χ1) is 23.6. The highest BCUT2D eigenvalue weighted by atomic mass is 35.5. The van der Waals surface area contributed by atoms with Crippen LogP contribution in [-0.4, -0.2) is 48.8 Å². The van der Waals surface area contributed by atoms with E-state index in [4.69, 9.17) is 47.9 Å². The van der Waals surface area contributed by atoms with E-state index in [1.54, 1.807) is 6.07 Å². The number of benzene rings is 2.